The fraction of sp³-hybridized carbons (Fsp3) is 0.105. The predicted molar refractivity (Wildman–Crippen MR) is 105 cm³/mol. The predicted octanol–water partition coefficient (Wildman–Crippen LogP) is 4.66. The van der Waals surface area contributed by atoms with Crippen molar-refractivity contribution in [3.63, 3.8) is 0 Å². The Hall–Kier alpha value is -3.19. The second-order valence-corrected chi connectivity index (χ2v) is 6.67. The van der Waals surface area contributed by atoms with Crippen molar-refractivity contribution in [3.8, 4) is 0 Å². The first kappa shape index (κ1) is 17.6. The van der Waals surface area contributed by atoms with Crippen LogP contribution in [-0.4, -0.2) is 16.9 Å². The minimum absolute atomic E-state index is 0.254. The van der Waals surface area contributed by atoms with Gasteiger partial charge in [0.15, 0.2) is 5.13 Å². The Morgan fingerprint density at radius 3 is 2.27 bits per heavy atom. The smallest absolute Gasteiger partial charge is 0.321 e. The van der Waals surface area contributed by atoms with Crippen LogP contribution in [0.15, 0.2) is 53.9 Å². The van der Waals surface area contributed by atoms with Gasteiger partial charge in [0.05, 0.1) is 0 Å². The number of rotatable bonds is 4. The number of hydrogen-bond donors (Lipinski definition) is 3. The molecule has 0 spiro atoms. The summed E-state index contributed by atoms with van der Waals surface area (Å²) in [5.74, 6) is -0.317. The van der Waals surface area contributed by atoms with E-state index in [1.807, 2.05) is 50.2 Å². The highest BCUT2D eigenvalue weighted by molar-refractivity contribution is 7.14. The van der Waals surface area contributed by atoms with Crippen molar-refractivity contribution in [2.24, 2.45) is 0 Å². The zero-order chi connectivity index (χ0) is 18.5. The highest BCUT2D eigenvalue weighted by Gasteiger charge is 2.13. The van der Waals surface area contributed by atoms with Crippen LogP contribution in [0.4, 0.5) is 21.3 Å². The Morgan fingerprint density at radius 1 is 0.885 bits per heavy atom. The fourth-order valence-corrected chi connectivity index (χ4v) is 3.14. The zero-order valence-corrected chi connectivity index (χ0v) is 15.2. The van der Waals surface area contributed by atoms with Crippen LogP contribution in [0, 0.1) is 13.8 Å². The summed E-state index contributed by atoms with van der Waals surface area (Å²) in [5.41, 5.74) is 3.78. The molecule has 0 atom stereocenters. The van der Waals surface area contributed by atoms with Gasteiger partial charge in [-0.1, -0.05) is 24.3 Å². The van der Waals surface area contributed by atoms with Crippen LogP contribution in [0.25, 0.3) is 0 Å². The second-order valence-electron chi connectivity index (χ2n) is 5.81. The van der Waals surface area contributed by atoms with Gasteiger partial charge in [-0.25, -0.2) is 9.78 Å². The lowest BCUT2D eigenvalue weighted by Gasteiger charge is -2.06. The molecule has 7 heteroatoms. The number of hydrogen-bond acceptors (Lipinski definition) is 4. The van der Waals surface area contributed by atoms with E-state index in [0.717, 1.165) is 16.8 Å². The van der Waals surface area contributed by atoms with Crippen molar-refractivity contribution in [2.75, 3.05) is 16.0 Å². The number of nitrogens with one attached hydrogen (secondary N) is 3. The average molecular weight is 366 g/mol. The largest absolute Gasteiger partial charge is 0.325 e. The number of thiazole rings is 1. The molecule has 0 aliphatic carbocycles. The minimum Gasteiger partial charge on any atom is -0.321 e. The topological polar surface area (TPSA) is 83.1 Å². The van der Waals surface area contributed by atoms with Crippen LogP contribution in [0.3, 0.4) is 0 Å². The maximum Gasteiger partial charge on any atom is 0.325 e. The number of carbonyl (C=O) groups excluding carboxylic acids is 2. The van der Waals surface area contributed by atoms with Crippen LogP contribution in [0.5, 0.6) is 0 Å². The summed E-state index contributed by atoms with van der Waals surface area (Å²) in [6.07, 6.45) is 0. The Bertz CT molecular complexity index is 917. The normalized spacial score (nSPS) is 10.2. The van der Waals surface area contributed by atoms with Crippen molar-refractivity contribution >= 4 is 39.8 Å². The lowest BCUT2D eigenvalue weighted by molar-refractivity contribution is 0.102. The summed E-state index contributed by atoms with van der Waals surface area (Å²) in [5, 5.41) is 10.1. The Labute approximate surface area is 155 Å². The van der Waals surface area contributed by atoms with E-state index >= 15 is 0 Å². The third-order valence-electron chi connectivity index (χ3n) is 3.47. The molecule has 2 aromatic carbocycles. The van der Waals surface area contributed by atoms with Crippen LogP contribution >= 0.6 is 11.3 Å². The summed E-state index contributed by atoms with van der Waals surface area (Å²) < 4.78 is 0. The summed E-state index contributed by atoms with van der Waals surface area (Å²) in [6, 6.07) is 14.5. The molecule has 1 heterocycles. The van der Waals surface area contributed by atoms with Crippen LogP contribution < -0.4 is 16.0 Å². The first-order chi connectivity index (χ1) is 12.5. The number of urea groups is 1. The van der Waals surface area contributed by atoms with Crippen LogP contribution in [-0.2, 0) is 0 Å². The molecule has 0 radical (unpaired) electrons. The molecule has 0 saturated carbocycles. The van der Waals surface area contributed by atoms with E-state index < -0.39 is 6.03 Å². The Balaban J connectivity index is 1.61. The van der Waals surface area contributed by atoms with Gasteiger partial charge in [-0.2, -0.15) is 0 Å². The molecule has 0 unspecified atom stereocenters. The number of nitrogens with zero attached hydrogens (tertiary/aromatic N) is 1. The number of aromatic nitrogens is 1. The first-order valence-electron chi connectivity index (χ1n) is 7.98. The molecule has 0 saturated heterocycles. The van der Waals surface area contributed by atoms with E-state index in [4.69, 9.17) is 0 Å². The van der Waals surface area contributed by atoms with E-state index in [-0.39, 0.29) is 11.6 Å². The van der Waals surface area contributed by atoms with Gasteiger partial charge in [0.1, 0.15) is 5.69 Å². The summed E-state index contributed by atoms with van der Waals surface area (Å²) in [4.78, 5) is 28.5. The molecule has 0 fully saturated rings. The van der Waals surface area contributed by atoms with E-state index in [2.05, 4.69) is 20.9 Å². The summed E-state index contributed by atoms with van der Waals surface area (Å²) >= 11 is 1.19. The highest BCUT2D eigenvalue weighted by Crippen LogP contribution is 2.19. The first-order valence-corrected chi connectivity index (χ1v) is 8.86. The molecule has 3 rings (SSSR count). The third-order valence-corrected chi connectivity index (χ3v) is 4.23. The van der Waals surface area contributed by atoms with Gasteiger partial charge in [0, 0.05) is 16.8 Å². The van der Waals surface area contributed by atoms with Gasteiger partial charge in [0.2, 0.25) is 0 Å². The molecule has 132 valence electrons. The molecule has 6 nitrogen and oxygen atoms in total. The molecule has 26 heavy (non-hydrogen) atoms. The van der Waals surface area contributed by atoms with E-state index in [1.165, 1.54) is 11.3 Å². The number of amides is 3. The lowest BCUT2D eigenvalue weighted by atomic mass is 10.1. The summed E-state index contributed by atoms with van der Waals surface area (Å²) in [6.45, 7) is 3.94. The molecule has 3 aromatic rings. The Kier molecular flexibility index (Phi) is 5.28. The number of benzene rings is 2. The van der Waals surface area contributed by atoms with Gasteiger partial charge in [-0.3, -0.25) is 10.1 Å². The molecule has 1 aromatic heterocycles. The van der Waals surface area contributed by atoms with Crippen LogP contribution in [0.1, 0.15) is 21.6 Å². The maximum atomic E-state index is 12.3. The van der Waals surface area contributed by atoms with Gasteiger partial charge >= 0.3 is 6.03 Å². The zero-order valence-electron chi connectivity index (χ0n) is 14.4. The average Bonchev–Trinajstić information content (AvgIpc) is 3.03. The van der Waals surface area contributed by atoms with Crippen molar-refractivity contribution in [3.05, 3.63) is 70.7 Å². The monoisotopic (exact) mass is 366 g/mol. The number of carbonyl (C=O) groups is 2. The minimum atomic E-state index is -0.410. The molecular formula is C19H18N4O2S. The van der Waals surface area contributed by atoms with Crippen LogP contribution in [0.2, 0.25) is 0 Å². The highest BCUT2D eigenvalue weighted by atomic mass is 32.1. The molecular weight excluding hydrogens is 348 g/mol. The number of aryl methyl sites for hydroxylation is 2. The van der Waals surface area contributed by atoms with E-state index in [0.29, 0.717) is 10.8 Å². The SMILES string of the molecule is Cc1cc(C)cc(NC(=O)c2csc(NC(=O)Nc3ccccc3)n2)c1. The molecule has 0 aliphatic heterocycles. The Morgan fingerprint density at radius 2 is 1.58 bits per heavy atom. The molecule has 3 amide bonds. The van der Waals surface area contributed by atoms with Crippen molar-refractivity contribution in [1.82, 2.24) is 4.98 Å². The number of anilines is 3. The van der Waals surface area contributed by atoms with E-state index in [1.54, 1.807) is 17.5 Å². The van der Waals surface area contributed by atoms with Gasteiger partial charge in [-0.05, 0) is 49.2 Å². The van der Waals surface area contributed by atoms with Crippen molar-refractivity contribution < 1.29 is 9.59 Å². The standard InChI is InChI=1S/C19H18N4O2S/c1-12-8-13(2)10-15(9-12)20-17(24)16-11-26-19(22-16)23-18(25)21-14-6-4-3-5-7-14/h3-11H,1-2H3,(H,20,24)(H2,21,22,23,25). The molecule has 3 N–H and O–H groups in total. The summed E-state index contributed by atoms with van der Waals surface area (Å²) in [7, 11) is 0. The van der Waals surface area contributed by atoms with Gasteiger partial charge < -0.3 is 10.6 Å². The maximum absolute atomic E-state index is 12.3. The van der Waals surface area contributed by atoms with Crippen molar-refractivity contribution in [2.45, 2.75) is 13.8 Å². The number of para-hydroxylation sites is 1. The lowest BCUT2D eigenvalue weighted by Crippen LogP contribution is -2.19. The second kappa shape index (κ2) is 7.79. The van der Waals surface area contributed by atoms with Crippen molar-refractivity contribution in [1.29, 1.82) is 0 Å². The van der Waals surface area contributed by atoms with Gasteiger partial charge in [-0.15, -0.1) is 11.3 Å². The molecule has 0 bridgehead atoms. The molecule has 0 aliphatic rings. The van der Waals surface area contributed by atoms with Gasteiger partial charge in [0.25, 0.3) is 5.91 Å². The third kappa shape index (κ3) is 4.67. The van der Waals surface area contributed by atoms with E-state index in [9.17, 15) is 9.59 Å². The quantitative estimate of drug-likeness (QED) is 0.628. The fourth-order valence-electron chi connectivity index (χ4n) is 2.46.